The molecule has 0 bridgehead atoms. The Bertz CT molecular complexity index is 1440. The Labute approximate surface area is 244 Å². The first kappa shape index (κ1) is 31.9. The van der Waals surface area contributed by atoms with Crippen LogP contribution in [0.1, 0.15) is 54.0 Å². The van der Waals surface area contributed by atoms with E-state index in [1.54, 1.807) is 18.2 Å². The second kappa shape index (κ2) is 12.7. The maximum Gasteiger partial charge on any atom is 0.416 e. The number of aromatic nitrogens is 1. The van der Waals surface area contributed by atoms with Gasteiger partial charge in [-0.1, -0.05) is 23.4 Å². The van der Waals surface area contributed by atoms with Gasteiger partial charge in [-0.2, -0.15) is 26.3 Å². The SMILES string of the molecule is COc1ccc2ncc(Cl)c([C@H](O)CCC3(CO)CCN(CC#Cc4cc(C(F)(F)F)cc(C(F)(F)F)c4)CC3)c2c1. The molecule has 1 aromatic heterocycles. The summed E-state index contributed by atoms with van der Waals surface area (Å²) in [5.41, 5.74) is -2.47. The number of hydrogen-bond donors (Lipinski definition) is 2. The van der Waals surface area contributed by atoms with Crippen LogP contribution in [0.3, 0.4) is 0 Å². The van der Waals surface area contributed by atoms with E-state index in [4.69, 9.17) is 16.3 Å². The summed E-state index contributed by atoms with van der Waals surface area (Å²) in [7, 11) is 1.53. The molecule has 1 atom stereocenters. The van der Waals surface area contributed by atoms with Crippen LogP contribution in [0.25, 0.3) is 10.9 Å². The zero-order chi connectivity index (χ0) is 30.7. The fraction of sp³-hybridized carbons (Fsp3) is 0.433. The number of pyridine rings is 1. The largest absolute Gasteiger partial charge is 0.497 e. The van der Waals surface area contributed by atoms with Crippen LogP contribution < -0.4 is 4.74 Å². The molecule has 2 N–H and O–H groups in total. The average Bonchev–Trinajstić information content (AvgIpc) is 2.95. The normalized spacial score (nSPS) is 16.6. The lowest BCUT2D eigenvalue weighted by Gasteiger charge is -2.40. The van der Waals surface area contributed by atoms with Crippen molar-refractivity contribution in [1.29, 1.82) is 0 Å². The van der Waals surface area contributed by atoms with E-state index in [0.29, 0.717) is 78.1 Å². The Kier molecular flexibility index (Phi) is 9.62. The van der Waals surface area contributed by atoms with Crippen molar-refractivity contribution in [3.8, 4) is 17.6 Å². The lowest BCUT2D eigenvalue weighted by Crippen LogP contribution is -2.42. The second-order valence-electron chi connectivity index (χ2n) is 10.5. The summed E-state index contributed by atoms with van der Waals surface area (Å²) in [6, 6.07) is 6.58. The first-order chi connectivity index (χ1) is 19.7. The van der Waals surface area contributed by atoms with Crippen molar-refractivity contribution in [3.63, 3.8) is 0 Å². The number of halogens is 7. The molecule has 4 rings (SSSR count). The van der Waals surface area contributed by atoms with Gasteiger partial charge in [-0.25, -0.2) is 0 Å². The van der Waals surface area contributed by atoms with E-state index in [2.05, 4.69) is 16.8 Å². The van der Waals surface area contributed by atoms with Crippen LogP contribution in [-0.4, -0.2) is 53.4 Å². The number of likely N-dealkylation sites (tertiary alicyclic amines) is 1. The number of hydrogen-bond acceptors (Lipinski definition) is 5. The standard InChI is InChI=1S/C30H29ClF6N2O3/c1-42-22-4-5-25-23(16-22)27(24(31)17-38-25)26(41)6-7-28(18-40)8-11-39(12-9-28)10-2-3-19-13-20(29(32,33)34)15-21(14-19)30(35,36)37/h4-5,13-17,26,40-41H,6-12,18H2,1H3/t26-/m1/s1. The number of piperidine rings is 1. The van der Waals surface area contributed by atoms with Gasteiger partial charge in [0.15, 0.2) is 0 Å². The first-order valence-electron chi connectivity index (χ1n) is 13.2. The fourth-order valence-electron chi connectivity index (χ4n) is 5.17. The molecule has 2 aromatic carbocycles. The molecule has 1 aliphatic heterocycles. The highest BCUT2D eigenvalue weighted by Crippen LogP contribution is 2.41. The molecule has 226 valence electrons. The zero-order valence-corrected chi connectivity index (χ0v) is 23.4. The van der Waals surface area contributed by atoms with E-state index in [1.807, 2.05) is 4.90 Å². The van der Waals surface area contributed by atoms with Crippen LogP contribution in [0.4, 0.5) is 26.3 Å². The van der Waals surface area contributed by atoms with Crippen LogP contribution in [0.2, 0.25) is 5.02 Å². The van der Waals surface area contributed by atoms with Crippen LogP contribution in [0.15, 0.2) is 42.6 Å². The van der Waals surface area contributed by atoms with Gasteiger partial charge >= 0.3 is 12.4 Å². The molecule has 5 nitrogen and oxygen atoms in total. The summed E-state index contributed by atoms with van der Waals surface area (Å²) >= 11 is 6.41. The highest BCUT2D eigenvalue weighted by molar-refractivity contribution is 6.32. The summed E-state index contributed by atoms with van der Waals surface area (Å²) in [5.74, 6) is 5.72. The Morgan fingerprint density at radius 3 is 2.26 bits per heavy atom. The molecule has 1 saturated heterocycles. The minimum Gasteiger partial charge on any atom is -0.497 e. The predicted molar refractivity (Wildman–Crippen MR) is 146 cm³/mol. The van der Waals surface area contributed by atoms with Gasteiger partial charge in [0.05, 0.1) is 41.4 Å². The van der Waals surface area contributed by atoms with Crippen LogP contribution in [0, 0.1) is 17.3 Å². The van der Waals surface area contributed by atoms with Crippen molar-refractivity contribution in [2.45, 2.75) is 44.1 Å². The Morgan fingerprint density at radius 1 is 1.05 bits per heavy atom. The molecule has 12 heteroatoms. The summed E-state index contributed by atoms with van der Waals surface area (Å²) in [6.07, 6.45) is -7.35. The third-order valence-electron chi connectivity index (χ3n) is 7.72. The highest BCUT2D eigenvalue weighted by atomic mass is 35.5. The smallest absolute Gasteiger partial charge is 0.416 e. The summed E-state index contributed by atoms with van der Waals surface area (Å²) < 4.78 is 84.0. The molecule has 3 aromatic rings. The summed E-state index contributed by atoms with van der Waals surface area (Å²) in [4.78, 5) is 6.23. The van der Waals surface area contributed by atoms with Gasteiger partial charge < -0.3 is 14.9 Å². The topological polar surface area (TPSA) is 65.8 Å². The molecule has 0 aliphatic carbocycles. The van der Waals surface area contributed by atoms with Gasteiger partial charge in [0, 0.05) is 29.3 Å². The number of aliphatic hydroxyl groups excluding tert-OH is 2. The predicted octanol–water partition coefficient (Wildman–Crippen LogP) is 6.87. The van der Waals surface area contributed by atoms with Gasteiger partial charge in [0.1, 0.15) is 5.75 Å². The molecule has 1 fully saturated rings. The monoisotopic (exact) mass is 614 g/mol. The van der Waals surface area contributed by atoms with Crippen LogP contribution >= 0.6 is 11.6 Å². The lowest BCUT2D eigenvalue weighted by atomic mass is 9.74. The van der Waals surface area contributed by atoms with Crippen molar-refractivity contribution in [2.75, 3.05) is 33.4 Å². The van der Waals surface area contributed by atoms with Gasteiger partial charge in [-0.05, 0) is 80.6 Å². The van der Waals surface area contributed by atoms with E-state index in [0.717, 1.165) is 0 Å². The summed E-state index contributed by atoms with van der Waals surface area (Å²) in [6.45, 7) is 1.06. The van der Waals surface area contributed by atoms with E-state index < -0.39 is 35.0 Å². The Hall–Kier alpha value is -3.04. The van der Waals surface area contributed by atoms with E-state index in [9.17, 15) is 36.6 Å². The first-order valence-corrected chi connectivity index (χ1v) is 13.5. The number of methoxy groups -OCH3 is 1. The van der Waals surface area contributed by atoms with Crippen molar-refractivity contribution in [3.05, 3.63) is 69.9 Å². The quantitative estimate of drug-likeness (QED) is 0.225. The van der Waals surface area contributed by atoms with Gasteiger partial charge in [0.25, 0.3) is 0 Å². The van der Waals surface area contributed by atoms with Crippen molar-refractivity contribution < 1.29 is 41.3 Å². The Morgan fingerprint density at radius 2 is 1.69 bits per heavy atom. The van der Waals surface area contributed by atoms with Gasteiger partial charge in [0.2, 0.25) is 0 Å². The molecular formula is C30H29ClF6N2O3. The van der Waals surface area contributed by atoms with Crippen molar-refractivity contribution in [2.24, 2.45) is 5.41 Å². The number of fused-ring (bicyclic) bond motifs is 1. The molecule has 42 heavy (non-hydrogen) atoms. The lowest BCUT2D eigenvalue weighted by molar-refractivity contribution is -0.143. The summed E-state index contributed by atoms with van der Waals surface area (Å²) in [5, 5.41) is 22.4. The fourth-order valence-corrected chi connectivity index (χ4v) is 5.45. The van der Waals surface area contributed by atoms with Gasteiger partial charge in [-0.3, -0.25) is 9.88 Å². The van der Waals surface area contributed by atoms with Gasteiger partial charge in [-0.15, -0.1) is 0 Å². The zero-order valence-electron chi connectivity index (χ0n) is 22.6. The molecule has 0 amide bonds. The maximum absolute atomic E-state index is 13.1. The molecule has 1 aliphatic rings. The average molecular weight is 615 g/mol. The molecule has 2 heterocycles. The number of ether oxygens (including phenoxy) is 1. The van der Waals surface area contributed by atoms with Crippen molar-refractivity contribution >= 4 is 22.5 Å². The van der Waals surface area contributed by atoms with Crippen molar-refractivity contribution in [1.82, 2.24) is 9.88 Å². The second-order valence-corrected chi connectivity index (χ2v) is 10.9. The number of nitrogens with zero attached hydrogens (tertiary/aromatic N) is 2. The number of benzene rings is 2. The van der Waals surface area contributed by atoms with E-state index in [-0.39, 0.29) is 24.8 Å². The van der Waals surface area contributed by atoms with E-state index >= 15 is 0 Å². The third kappa shape index (κ3) is 7.48. The minimum atomic E-state index is -4.94. The third-order valence-corrected chi connectivity index (χ3v) is 8.03. The number of alkyl halides is 6. The molecular weight excluding hydrogens is 586 g/mol. The number of aliphatic hydroxyl groups is 2. The maximum atomic E-state index is 13.1. The molecule has 0 radical (unpaired) electrons. The molecule has 0 saturated carbocycles. The Balaban J connectivity index is 1.40. The van der Waals surface area contributed by atoms with Crippen LogP contribution in [0.5, 0.6) is 5.75 Å². The minimum absolute atomic E-state index is 0.0726. The molecule has 0 unspecified atom stereocenters. The van der Waals surface area contributed by atoms with Crippen LogP contribution in [-0.2, 0) is 12.4 Å². The number of rotatable bonds is 7. The van der Waals surface area contributed by atoms with E-state index in [1.165, 1.54) is 13.3 Å². The molecule has 0 spiro atoms. The highest BCUT2D eigenvalue weighted by Gasteiger charge is 2.37.